The highest BCUT2D eigenvalue weighted by molar-refractivity contribution is 7.89. The van der Waals surface area contributed by atoms with E-state index in [0.717, 1.165) is 11.1 Å². The monoisotopic (exact) mass is 248 g/mol. The van der Waals surface area contributed by atoms with Crippen LogP contribution in [0.25, 0.3) is 11.3 Å². The van der Waals surface area contributed by atoms with Gasteiger partial charge in [0.1, 0.15) is 4.90 Å². The fraction of sp³-hybridized carbons (Fsp3) is 0.0833. The van der Waals surface area contributed by atoms with Gasteiger partial charge < -0.3 is 0 Å². The first kappa shape index (κ1) is 11.8. The Morgan fingerprint density at radius 3 is 2.47 bits per heavy atom. The van der Waals surface area contributed by atoms with Crippen molar-refractivity contribution in [1.82, 2.24) is 4.98 Å². The standard InChI is InChI=1S/C12H12N2O2S/c1-9-5-2-3-6-10(9)12-11(17(13,15)16)7-4-8-14-12/h2-8H,1H3,(H2,13,15,16). The lowest BCUT2D eigenvalue weighted by molar-refractivity contribution is 0.597. The Morgan fingerprint density at radius 2 is 1.82 bits per heavy atom. The van der Waals surface area contributed by atoms with E-state index in [1.54, 1.807) is 12.3 Å². The summed E-state index contributed by atoms with van der Waals surface area (Å²) in [7, 11) is -3.76. The number of hydrogen-bond donors (Lipinski definition) is 1. The lowest BCUT2D eigenvalue weighted by atomic mass is 10.1. The van der Waals surface area contributed by atoms with E-state index in [0.29, 0.717) is 5.69 Å². The number of aryl methyl sites for hydroxylation is 1. The third-order valence-corrected chi connectivity index (χ3v) is 3.42. The number of rotatable bonds is 2. The first-order valence-electron chi connectivity index (χ1n) is 5.04. The van der Waals surface area contributed by atoms with Gasteiger partial charge in [-0.15, -0.1) is 0 Å². The van der Waals surface area contributed by atoms with Gasteiger partial charge in [-0.2, -0.15) is 0 Å². The van der Waals surface area contributed by atoms with Gasteiger partial charge in [0.25, 0.3) is 0 Å². The predicted octanol–water partition coefficient (Wildman–Crippen LogP) is 1.70. The molecule has 17 heavy (non-hydrogen) atoms. The van der Waals surface area contributed by atoms with E-state index in [1.807, 2.05) is 31.2 Å². The van der Waals surface area contributed by atoms with Gasteiger partial charge in [0, 0.05) is 11.8 Å². The van der Waals surface area contributed by atoms with Crippen LogP contribution in [0.5, 0.6) is 0 Å². The maximum atomic E-state index is 11.5. The van der Waals surface area contributed by atoms with Gasteiger partial charge in [-0.25, -0.2) is 13.6 Å². The molecule has 0 saturated carbocycles. The predicted molar refractivity (Wildman–Crippen MR) is 65.8 cm³/mol. The van der Waals surface area contributed by atoms with Gasteiger partial charge >= 0.3 is 0 Å². The molecule has 0 unspecified atom stereocenters. The summed E-state index contributed by atoms with van der Waals surface area (Å²) in [5.74, 6) is 0. The van der Waals surface area contributed by atoms with Crippen LogP contribution in [0.2, 0.25) is 0 Å². The minimum atomic E-state index is -3.76. The molecule has 2 N–H and O–H groups in total. The molecule has 0 aliphatic rings. The maximum absolute atomic E-state index is 11.5. The number of benzene rings is 1. The van der Waals surface area contributed by atoms with Crippen LogP contribution in [-0.4, -0.2) is 13.4 Å². The van der Waals surface area contributed by atoms with Gasteiger partial charge in [0.15, 0.2) is 0 Å². The van der Waals surface area contributed by atoms with E-state index < -0.39 is 10.0 Å². The largest absolute Gasteiger partial charge is 0.255 e. The smallest absolute Gasteiger partial charge is 0.240 e. The van der Waals surface area contributed by atoms with E-state index in [9.17, 15) is 8.42 Å². The van der Waals surface area contributed by atoms with Crippen LogP contribution in [0.4, 0.5) is 0 Å². The quantitative estimate of drug-likeness (QED) is 0.879. The zero-order valence-corrected chi connectivity index (χ0v) is 10.1. The second-order valence-corrected chi connectivity index (χ2v) is 5.24. The molecule has 5 heteroatoms. The van der Waals surface area contributed by atoms with Crippen LogP contribution in [0, 0.1) is 6.92 Å². The second-order valence-electron chi connectivity index (χ2n) is 3.71. The van der Waals surface area contributed by atoms with Crippen molar-refractivity contribution in [2.45, 2.75) is 11.8 Å². The number of nitrogens with two attached hydrogens (primary N) is 1. The van der Waals surface area contributed by atoms with Crippen molar-refractivity contribution in [3.05, 3.63) is 48.2 Å². The molecule has 1 heterocycles. The molecule has 4 nitrogen and oxygen atoms in total. The second kappa shape index (κ2) is 4.27. The summed E-state index contributed by atoms with van der Waals surface area (Å²) in [6.45, 7) is 1.90. The van der Waals surface area contributed by atoms with Crippen molar-refractivity contribution in [2.24, 2.45) is 5.14 Å². The Balaban J connectivity index is 2.74. The minimum absolute atomic E-state index is 0.0503. The normalized spacial score (nSPS) is 11.4. The highest BCUT2D eigenvalue weighted by Crippen LogP contribution is 2.26. The summed E-state index contributed by atoms with van der Waals surface area (Å²) in [6, 6.07) is 10.5. The molecule has 0 aliphatic carbocycles. The molecule has 0 fully saturated rings. The molecule has 1 aromatic carbocycles. The molecule has 0 amide bonds. The summed E-state index contributed by atoms with van der Waals surface area (Å²) in [5.41, 5.74) is 2.13. The van der Waals surface area contributed by atoms with E-state index in [2.05, 4.69) is 4.98 Å². The van der Waals surface area contributed by atoms with E-state index in [1.165, 1.54) is 6.07 Å². The Morgan fingerprint density at radius 1 is 1.12 bits per heavy atom. The van der Waals surface area contributed by atoms with Crippen LogP contribution in [0.15, 0.2) is 47.5 Å². The molecule has 0 radical (unpaired) electrons. The average molecular weight is 248 g/mol. The zero-order chi connectivity index (χ0) is 12.5. The average Bonchev–Trinajstić information content (AvgIpc) is 2.28. The number of sulfonamides is 1. The molecule has 88 valence electrons. The van der Waals surface area contributed by atoms with E-state index in [-0.39, 0.29) is 4.90 Å². The van der Waals surface area contributed by atoms with Crippen LogP contribution >= 0.6 is 0 Å². The van der Waals surface area contributed by atoms with Crippen LogP contribution in [-0.2, 0) is 10.0 Å². The molecule has 0 bridgehead atoms. The van der Waals surface area contributed by atoms with Gasteiger partial charge in [-0.3, -0.25) is 4.98 Å². The lowest BCUT2D eigenvalue weighted by Crippen LogP contribution is -2.14. The van der Waals surface area contributed by atoms with Crippen molar-refractivity contribution in [3.63, 3.8) is 0 Å². The molecule has 0 spiro atoms. The van der Waals surface area contributed by atoms with Crippen molar-refractivity contribution in [3.8, 4) is 11.3 Å². The number of nitrogens with zero attached hydrogens (tertiary/aromatic N) is 1. The Hall–Kier alpha value is -1.72. The maximum Gasteiger partial charge on any atom is 0.240 e. The molecule has 2 aromatic rings. The lowest BCUT2D eigenvalue weighted by Gasteiger charge is -2.08. The molecular formula is C12H12N2O2S. The van der Waals surface area contributed by atoms with Gasteiger partial charge in [-0.1, -0.05) is 24.3 Å². The summed E-state index contributed by atoms with van der Waals surface area (Å²) < 4.78 is 23.0. The topological polar surface area (TPSA) is 73.0 Å². The fourth-order valence-corrected chi connectivity index (χ4v) is 2.36. The van der Waals surface area contributed by atoms with Crippen molar-refractivity contribution in [1.29, 1.82) is 0 Å². The summed E-state index contributed by atoms with van der Waals surface area (Å²) >= 11 is 0. The molecule has 0 atom stereocenters. The van der Waals surface area contributed by atoms with Gasteiger partial charge in [0.05, 0.1) is 5.69 Å². The molecule has 0 aliphatic heterocycles. The number of primary sulfonamides is 1. The third-order valence-electron chi connectivity index (χ3n) is 2.48. The summed E-state index contributed by atoms with van der Waals surface area (Å²) in [5, 5.41) is 5.18. The number of pyridine rings is 1. The molecule has 1 aromatic heterocycles. The van der Waals surface area contributed by atoms with Crippen LogP contribution in [0.3, 0.4) is 0 Å². The first-order chi connectivity index (χ1) is 8.00. The highest BCUT2D eigenvalue weighted by atomic mass is 32.2. The third kappa shape index (κ3) is 2.35. The van der Waals surface area contributed by atoms with E-state index >= 15 is 0 Å². The fourth-order valence-electron chi connectivity index (χ4n) is 1.66. The summed E-state index contributed by atoms with van der Waals surface area (Å²) in [4.78, 5) is 4.17. The highest BCUT2D eigenvalue weighted by Gasteiger charge is 2.16. The van der Waals surface area contributed by atoms with Crippen molar-refractivity contribution < 1.29 is 8.42 Å². The van der Waals surface area contributed by atoms with Gasteiger partial charge in [-0.05, 0) is 24.6 Å². The SMILES string of the molecule is Cc1ccccc1-c1ncccc1S(N)(=O)=O. The number of aromatic nitrogens is 1. The Bertz CT molecular complexity index is 651. The molecule has 2 rings (SSSR count). The Labute approximate surface area is 100 Å². The Kier molecular flexibility index (Phi) is 2.95. The minimum Gasteiger partial charge on any atom is -0.255 e. The molecule has 0 saturated heterocycles. The molecular weight excluding hydrogens is 236 g/mol. The van der Waals surface area contributed by atoms with Crippen molar-refractivity contribution >= 4 is 10.0 Å². The van der Waals surface area contributed by atoms with Crippen LogP contribution < -0.4 is 5.14 Å². The van der Waals surface area contributed by atoms with Crippen molar-refractivity contribution in [2.75, 3.05) is 0 Å². The van der Waals surface area contributed by atoms with E-state index in [4.69, 9.17) is 5.14 Å². The van der Waals surface area contributed by atoms with Crippen LogP contribution in [0.1, 0.15) is 5.56 Å². The number of hydrogen-bond acceptors (Lipinski definition) is 3. The zero-order valence-electron chi connectivity index (χ0n) is 9.29. The van der Waals surface area contributed by atoms with Gasteiger partial charge in [0.2, 0.25) is 10.0 Å². The first-order valence-corrected chi connectivity index (χ1v) is 6.58. The summed E-state index contributed by atoms with van der Waals surface area (Å²) in [6.07, 6.45) is 1.55.